The van der Waals surface area contributed by atoms with Gasteiger partial charge in [-0.3, -0.25) is 4.79 Å². The molecule has 0 atom stereocenters. The Balaban J connectivity index is 2.11. The molecule has 0 radical (unpaired) electrons. The number of aromatic nitrogens is 4. The maximum Gasteiger partial charge on any atom is 0.198 e. The van der Waals surface area contributed by atoms with Crippen molar-refractivity contribution in [3.8, 4) is 5.69 Å². The van der Waals surface area contributed by atoms with Crippen LogP contribution in [0.2, 0.25) is 5.02 Å². The molecule has 0 fully saturated rings. The van der Waals surface area contributed by atoms with Gasteiger partial charge in [0.05, 0.1) is 11.3 Å². The maximum absolute atomic E-state index is 13.2. The molecule has 0 aliphatic carbocycles. The molecule has 0 bridgehead atoms. The van der Waals surface area contributed by atoms with Gasteiger partial charge in [-0.1, -0.05) is 35.9 Å². The highest BCUT2D eigenvalue weighted by Crippen LogP contribution is 2.23. The second-order valence-corrected chi connectivity index (χ2v) is 6.48. The van der Waals surface area contributed by atoms with Gasteiger partial charge in [0, 0.05) is 30.9 Å². The van der Waals surface area contributed by atoms with E-state index in [1.807, 2.05) is 39.2 Å². The van der Waals surface area contributed by atoms with E-state index in [0.717, 1.165) is 11.3 Å². The molecule has 26 heavy (non-hydrogen) atoms. The first-order chi connectivity index (χ1) is 12.5. The fourth-order valence-electron chi connectivity index (χ4n) is 2.56. The summed E-state index contributed by atoms with van der Waals surface area (Å²) >= 11 is 5.96. The Morgan fingerprint density at radius 3 is 2.46 bits per heavy atom. The fraction of sp³-hybridized carbons (Fsp3) is 0.158. The lowest BCUT2D eigenvalue weighted by molar-refractivity contribution is 0.105. The number of rotatable bonds is 5. The van der Waals surface area contributed by atoms with Crippen molar-refractivity contribution in [2.75, 3.05) is 14.1 Å². The van der Waals surface area contributed by atoms with Crippen molar-refractivity contribution in [1.29, 1.82) is 0 Å². The standard InChI is InChI=1S/C19H18ClN5O/c1-13-6-4-5-7-16(13)18(26)17(12-24(2)3)19-21-22-23-25(19)15-10-8-14(20)9-11-15/h4-12H,1-3H3/b17-12-. The van der Waals surface area contributed by atoms with Crippen LogP contribution < -0.4 is 0 Å². The largest absolute Gasteiger partial charge is 0.383 e. The van der Waals surface area contributed by atoms with Crippen molar-refractivity contribution >= 4 is 23.0 Å². The number of Topliss-reactive ketones (excluding diaryl/α,β-unsaturated/α-hetero) is 1. The van der Waals surface area contributed by atoms with Crippen LogP contribution in [-0.4, -0.2) is 45.0 Å². The minimum atomic E-state index is -0.137. The third-order valence-electron chi connectivity index (χ3n) is 3.80. The Bertz CT molecular complexity index is 960. The number of nitrogens with zero attached hydrogens (tertiary/aromatic N) is 5. The maximum atomic E-state index is 13.2. The number of hydrogen-bond donors (Lipinski definition) is 0. The van der Waals surface area contributed by atoms with Crippen molar-refractivity contribution in [1.82, 2.24) is 25.1 Å². The van der Waals surface area contributed by atoms with E-state index >= 15 is 0 Å². The van der Waals surface area contributed by atoms with Gasteiger partial charge in [-0.25, -0.2) is 0 Å². The van der Waals surface area contributed by atoms with Crippen LogP contribution in [0.5, 0.6) is 0 Å². The van der Waals surface area contributed by atoms with Crippen LogP contribution in [0.4, 0.5) is 0 Å². The molecular formula is C19H18ClN5O. The third-order valence-corrected chi connectivity index (χ3v) is 4.06. The van der Waals surface area contributed by atoms with Gasteiger partial charge in [-0.15, -0.1) is 5.10 Å². The molecule has 0 saturated carbocycles. The minimum Gasteiger partial charge on any atom is -0.383 e. The molecule has 7 heteroatoms. The van der Waals surface area contributed by atoms with Crippen LogP contribution >= 0.6 is 11.6 Å². The summed E-state index contributed by atoms with van der Waals surface area (Å²) in [4.78, 5) is 15.0. The van der Waals surface area contributed by atoms with Crippen LogP contribution in [-0.2, 0) is 0 Å². The molecular weight excluding hydrogens is 350 g/mol. The van der Waals surface area contributed by atoms with Crippen LogP contribution in [0.25, 0.3) is 11.3 Å². The molecule has 1 heterocycles. The summed E-state index contributed by atoms with van der Waals surface area (Å²) < 4.78 is 1.53. The lowest BCUT2D eigenvalue weighted by Gasteiger charge is -2.13. The minimum absolute atomic E-state index is 0.137. The summed E-state index contributed by atoms with van der Waals surface area (Å²) in [5.74, 6) is 0.232. The van der Waals surface area contributed by atoms with Crippen molar-refractivity contribution in [2.45, 2.75) is 6.92 Å². The van der Waals surface area contributed by atoms with E-state index < -0.39 is 0 Å². The Hall–Kier alpha value is -2.99. The van der Waals surface area contributed by atoms with E-state index in [1.54, 1.807) is 41.4 Å². The molecule has 132 valence electrons. The Morgan fingerprint density at radius 2 is 1.81 bits per heavy atom. The predicted molar refractivity (Wildman–Crippen MR) is 101 cm³/mol. The lowest BCUT2D eigenvalue weighted by Crippen LogP contribution is -2.14. The van der Waals surface area contributed by atoms with E-state index in [0.29, 0.717) is 22.0 Å². The molecule has 6 nitrogen and oxygen atoms in total. The summed E-state index contributed by atoms with van der Waals surface area (Å²) in [6.07, 6.45) is 1.73. The summed E-state index contributed by atoms with van der Waals surface area (Å²) in [6, 6.07) is 14.6. The highest BCUT2D eigenvalue weighted by molar-refractivity contribution is 6.30. The topological polar surface area (TPSA) is 63.9 Å². The van der Waals surface area contributed by atoms with Gasteiger partial charge in [-0.05, 0) is 47.2 Å². The zero-order chi connectivity index (χ0) is 18.7. The summed E-state index contributed by atoms with van der Waals surface area (Å²) in [7, 11) is 3.70. The highest BCUT2D eigenvalue weighted by atomic mass is 35.5. The molecule has 3 aromatic rings. The van der Waals surface area contributed by atoms with Crippen molar-refractivity contribution in [3.05, 3.63) is 76.7 Å². The second-order valence-electron chi connectivity index (χ2n) is 6.04. The van der Waals surface area contributed by atoms with Gasteiger partial charge in [0.1, 0.15) is 0 Å². The molecule has 0 amide bonds. The SMILES string of the molecule is Cc1ccccc1C(=O)/C(=C/N(C)C)c1nnnn1-c1ccc(Cl)cc1. The van der Waals surface area contributed by atoms with E-state index in [9.17, 15) is 4.79 Å². The molecule has 0 N–H and O–H groups in total. The molecule has 0 aliphatic rings. The van der Waals surface area contributed by atoms with Gasteiger partial charge < -0.3 is 4.90 Å². The normalized spacial score (nSPS) is 11.5. The second kappa shape index (κ2) is 7.49. The lowest BCUT2D eigenvalue weighted by atomic mass is 9.99. The molecule has 0 aliphatic heterocycles. The molecule has 2 aromatic carbocycles. The summed E-state index contributed by atoms with van der Waals surface area (Å²) in [5.41, 5.74) is 2.64. The van der Waals surface area contributed by atoms with Crippen molar-refractivity contribution in [3.63, 3.8) is 0 Å². The number of benzene rings is 2. The van der Waals surface area contributed by atoms with Gasteiger partial charge in [0.2, 0.25) is 0 Å². The first-order valence-electron chi connectivity index (χ1n) is 8.00. The van der Waals surface area contributed by atoms with Gasteiger partial charge >= 0.3 is 0 Å². The van der Waals surface area contributed by atoms with Crippen molar-refractivity contribution < 1.29 is 4.79 Å². The first kappa shape index (κ1) is 17.8. The number of tetrazole rings is 1. The van der Waals surface area contributed by atoms with E-state index in [1.165, 1.54) is 4.68 Å². The zero-order valence-corrected chi connectivity index (χ0v) is 15.5. The molecule has 3 rings (SSSR count). The number of halogens is 1. The van der Waals surface area contributed by atoms with E-state index in [-0.39, 0.29) is 5.78 Å². The number of aryl methyl sites for hydroxylation is 1. The monoisotopic (exact) mass is 367 g/mol. The number of carbonyl (C=O) groups is 1. The van der Waals surface area contributed by atoms with Crippen LogP contribution in [0.3, 0.4) is 0 Å². The average molecular weight is 368 g/mol. The highest BCUT2D eigenvalue weighted by Gasteiger charge is 2.23. The average Bonchev–Trinajstić information content (AvgIpc) is 3.09. The number of carbonyl (C=O) groups excluding carboxylic acids is 1. The predicted octanol–water partition coefficient (Wildman–Crippen LogP) is 3.41. The number of ketones is 1. The number of allylic oxidation sites excluding steroid dienone is 1. The molecule has 1 aromatic heterocycles. The van der Waals surface area contributed by atoms with Crippen LogP contribution in [0.1, 0.15) is 21.7 Å². The Morgan fingerprint density at radius 1 is 1.12 bits per heavy atom. The zero-order valence-electron chi connectivity index (χ0n) is 14.7. The smallest absolute Gasteiger partial charge is 0.198 e. The fourth-order valence-corrected chi connectivity index (χ4v) is 2.69. The third kappa shape index (κ3) is 3.65. The van der Waals surface area contributed by atoms with E-state index in [2.05, 4.69) is 15.5 Å². The molecule has 0 spiro atoms. The summed E-state index contributed by atoms with van der Waals surface area (Å²) in [5, 5.41) is 12.5. The van der Waals surface area contributed by atoms with Crippen molar-refractivity contribution in [2.24, 2.45) is 0 Å². The Kier molecular flexibility index (Phi) is 5.14. The first-order valence-corrected chi connectivity index (χ1v) is 8.38. The summed E-state index contributed by atoms with van der Waals surface area (Å²) in [6.45, 7) is 1.91. The van der Waals surface area contributed by atoms with Gasteiger partial charge in [0.15, 0.2) is 11.6 Å². The number of hydrogen-bond acceptors (Lipinski definition) is 5. The van der Waals surface area contributed by atoms with Gasteiger partial charge in [-0.2, -0.15) is 4.68 Å². The van der Waals surface area contributed by atoms with Crippen LogP contribution in [0, 0.1) is 6.92 Å². The van der Waals surface area contributed by atoms with Crippen LogP contribution in [0.15, 0.2) is 54.7 Å². The van der Waals surface area contributed by atoms with E-state index in [4.69, 9.17) is 11.6 Å². The van der Waals surface area contributed by atoms with Gasteiger partial charge in [0.25, 0.3) is 0 Å². The Labute approximate surface area is 156 Å². The quantitative estimate of drug-likeness (QED) is 0.510. The molecule has 0 saturated heterocycles. The molecule has 0 unspecified atom stereocenters.